The number of aliphatic imine (C=N–C) groups is 1. The van der Waals surface area contributed by atoms with Crippen molar-refractivity contribution in [1.82, 2.24) is 4.90 Å². The van der Waals surface area contributed by atoms with E-state index in [9.17, 15) is 9.59 Å². The number of nitrogens with zero attached hydrogens (tertiary/aromatic N) is 2. The quantitative estimate of drug-likeness (QED) is 0.774. The Balaban J connectivity index is 1.80. The SMILES string of the molecule is CCN1C(=O)/C(=C/C=C/c2ccccc2)SC1=Nc1ccc(C(=O)O)cc1. The zero-order valence-corrected chi connectivity index (χ0v) is 15.5. The molecule has 1 heterocycles. The smallest absolute Gasteiger partial charge is 0.335 e. The standard InChI is InChI=1S/C21H18N2O3S/c1-2-23-19(24)18(10-6-9-15-7-4-3-5-8-15)27-21(23)22-17-13-11-16(12-14-17)20(25)26/h3-14H,2H2,1H3,(H,25,26)/b9-6+,18-10-,22-21?. The molecule has 0 radical (unpaired) electrons. The van der Waals surface area contributed by atoms with Gasteiger partial charge in [0.25, 0.3) is 5.91 Å². The van der Waals surface area contributed by atoms with Crippen molar-refractivity contribution in [3.63, 3.8) is 0 Å². The molecule has 0 spiro atoms. The number of allylic oxidation sites excluding steroid dienone is 2. The Hall–Kier alpha value is -3.12. The molecule has 1 saturated heterocycles. The van der Waals surface area contributed by atoms with Crippen LogP contribution in [0, 0.1) is 0 Å². The van der Waals surface area contributed by atoms with Gasteiger partial charge in [-0.15, -0.1) is 0 Å². The molecular formula is C21H18N2O3S. The fraction of sp³-hybridized carbons (Fsp3) is 0.0952. The lowest BCUT2D eigenvalue weighted by atomic mass is 10.2. The van der Waals surface area contributed by atoms with E-state index in [1.165, 1.54) is 23.9 Å². The van der Waals surface area contributed by atoms with E-state index in [2.05, 4.69) is 4.99 Å². The van der Waals surface area contributed by atoms with Crippen LogP contribution in [-0.2, 0) is 4.79 Å². The van der Waals surface area contributed by atoms with Crippen LogP contribution in [0.2, 0.25) is 0 Å². The summed E-state index contributed by atoms with van der Waals surface area (Å²) in [5, 5.41) is 9.56. The Labute approximate surface area is 161 Å². The average Bonchev–Trinajstić information content (AvgIpc) is 2.97. The van der Waals surface area contributed by atoms with Crippen molar-refractivity contribution in [3.8, 4) is 0 Å². The summed E-state index contributed by atoms with van der Waals surface area (Å²) in [7, 11) is 0. The van der Waals surface area contributed by atoms with E-state index in [1.807, 2.05) is 49.4 Å². The van der Waals surface area contributed by atoms with Crippen molar-refractivity contribution in [1.29, 1.82) is 0 Å². The number of carboxylic acid groups (broad SMARTS) is 1. The van der Waals surface area contributed by atoms with Gasteiger partial charge in [-0.25, -0.2) is 9.79 Å². The summed E-state index contributed by atoms with van der Waals surface area (Å²) in [6.07, 6.45) is 5.59. The number of hydrogen-bond acceptors (Lipinski definition) is 4. The summed E-state index contributed by atoms with van der Waals surface area (Å²) in [6.45, 7) is 2.40. The molecule has 5 nitrogen and oxygen atoms in total. The summed E-state index contributed by atoms with van der Waals surface area (Å²) in [6, 6.07) is 16.1. The highest BCUT2D eigenvalue weighted by molar-refractivity contribution is 8.18. The van der Waals surface area contributed by atoms with Gasteiger partial charge in [0, 0.05) is 6.54 Å². The van der Waals surface area contributed by atoms with Gasteiger partial charge in [0.1, 0.15) is 0 Å². The third kappa shape index (κ3) is 4.54. The van der Waals surface area contributed by atoms with Gasteiger partial charge in [0.05, 0.1) is 16.2 Å². The van der Waals surface area contributed by atoms with Crippen LogP contribution < -0.4 is 0 Å². The van der Waals surface area contributed by atoms with Crippen molar-refractivity contribution >= 4 is 40.6 Å². The maximum absolute atomic E-state index is 12.6. The minimum atomic E-state index is -0.981. The second kappa shape index (κ2) is 8.51. The number of likely N-dealkylation sites (N-methyl/N-ethyl adjacent to an activating group) is 1. The molecule has 0 aliphatic carbocycles. The minimum Gasteiger partial charge on any atom is -0.478 e. The number of amides is 1. The van der Waals surface area contributed by atoms with Gasteiger partial charge in [-0.3, -0.25) is 9.69 Å². The molecule has 6 heteroatoms. The molecule has 0 saturated carbocycles. The van der Waals surface area contributed by atoms with Crippen LogP contribution in [0.25, 0.3) is 6.08 Å². The van der Waals surface area contributed by atoms with Gasteiger partial charge in [0.2, 0.25) is 0 Å². The first-order valence-electron chi connectivity index (χ1n) is 8.43. The van der Waals surface area contributed by atoms with Crippen molar-refractivity contribution < 1.29 is 14.7 Å². The van der Waals surface area contributed by atoms with Crippen LogP contribution in [-0.4, -0.2) is 33.6 Å². The van der Waals surface area contributed by atoms with E-state index in [0.29, 0.717) is 22.3 Å². The third-order valence-electron chi connectivity index (χ3n) is 3.88. The Morgan fingerprint density at radius 1 is 1.15 bits per heavy atom. The van der Waals surface area contributed by atoms with Crippen molar-refractivity contribution in [2.75, 3.05) is 6.54 Å². The predicted octanol–water partition coefficient (Wildman–Crippen LogP) is 4.56. The van der Waals surface area contributed by atoms with Crippen LogP contribution in [0.3, 0.4) is 0 Å². The molecule has 136 valence electrons. The van der Waals surface area contributed by atoms with E-state index in [0.717, 1.165) is 5.56 Å². The molecule has 1 N–H and O–H groups in total. The normalized spacial score (nSPS) is 17.4. The van der Waals surface area contributed by atoms with Crippen LogP contribution in [0.4, 0.5) is 5.69 Å². The number of benzene rings is 2. The highest BCUT2D eigenvalue weighted by atomic mass is 32.2. The highest BCUT2D eigenvalue weighted by Gasteiger charge is 2.31. The summed E-state index contributed by atoms with van der Waals surface area (Å²) in [5.41, 5.74) is 1.87. The van der Waals surface area contributed by atoms with Crippen LogP contribution in [0.1, 0.15) is 22.8 Å². The van der Waals surface area contributed by atoms with E-state index in [1.54, 1.807) is 23.1 Å². The van der Waals surface area contributed by atoms with E-state index < -0.39 is 5.97 Å². The molecule has 0 atom stereocenters. The van der Waals surface area contributed by atoms with Crippen molar-refractivity contribution in [3.05, 3.63) is 82.8 Å². The number of amidine groups is 1. The number of aromatic carboxylic acids is 1. The number of carboxylic acids is 1. The zero-order valence-electron chi connectivity index (χ0n) is 14.7. The fourth-order valence-electron chi connectivity index (χ4n) is 2.48. The van der Waals surface area contributed by atoms with E-state index >= 15 is 0 Å². The molecule has 3 rings (SSSR count). The second-order valence-electron chi connectivity index (χ2n) is 5.70. The Morgan fingerprint density at radius 3 is 2.48 bits per heavy atom. The lowest BCUT2D eigenvalue weighted by Crippen LogP contribution is -2.28. The third-order valence-corrected chi connectivity index (χ3v) is 4.90. The monoisotopic (exact) mass is 378 g/mol. The Kier molecular flexibility index (Phi) is 5.88. The van der Waals surface area contributed by atoms with Gasteiger partial charge in [-0.05, 0) is 54.6 Å². The number of carbonyl (C=O) groups excluding carboxylic acids is 1. The largest absolute Gasteiger partial charge is 0.478 e. The topological polar surface area (TPSA) is 70.0 Å². The lowest BCUT2D eigenvalue weighted by molar-refractivity contribution is -0.122. The summed E-state index contributed by atoms with van der Waals surface area (Å²) in [4.78, 5) is 30.2. The molecule has 1 fully saturated rings. The molecule has 1 aliphatic rings. The molecule has 0 unspecified atom stereocenters. The molecule has 27 heavy (non-hydrogen) atoms. The number of thioether (sulfide) groups is 1. The minimum absolute atomic E-state index is 0.0823. The number of hydrogen-bond donors (Lipinski definition) is 1. The highest BCUT2D eigenvalue weighted by Crippen LogP contribution is 2.32. The maximum atomic E-state index is 12.6. The molecule has 0 bridgehead atoms. The summed E-state index contributed by atoms with van der Waals surface area (Å²) < 4.78 is 0. The molecular weight excluding hydrogens is 360 g/mol. The van der Waals surface area contributed by atoms with Gasteiger partial charge in [0.15, 0.2) is 5.17 Å². The molecule has 0 aromatic heterocycles. The lowest BCUT2D eigenvalue weighted by Gasteiger charge is -2.11. The maximum Gasteiger partial charge on any atom is 0.335 e. The number of rotatable bonds is 5. The van der Waals surface area contributed by atoms with Gasteiger partial charge < -0.3 is 5.11 Å². The first-order chi connectivity index (χ1) is 13.1. The van der Waals surface area contributed by atoms with Crippen LogP contribution >= 0.6 is 11.8 Å². The first-order valence-corrected chi connectivity index (χ1v) is 9.25. The van der Waals surface area contributed by atoms with Crippen LogP contribution in [0.5, 0.6) is 0 Å². The Bertz CT molecular complexity index is 932. The number of carbonyl (C=O) groups is 2. The molecule has 2 aromatic rings. The zero-order chi connectivity index (χ0) is 19.2. The van der Waals surface area contributed by atoms with E-state index in [4.69, 9.17) is 5.11 Å². The second-order valence-corrected chi connectivity index (χ2v) is 6.71. The first kappa shape index (κ1) is 18.7. The fourth-order valence-corrected chi connectivity index (χ4v) is 3.50. The summed E-state index contributed by atoms with van der Waals surface area (Å²) in [5.74, 6) is -1.06. The molecule has 1 amide bonds. The van der Waals surface area contributed by atoms with Crippen molar-refractivity contribution in [2.24, 2.45) is 4.99 Å². The van der Waals surface area contributed by atoms with E-state index in [-0.39, 0.29) is 11.5 Å². The van der Waals surface area contributed by atoms with Gasteiger partial charge in [-0.1, -0.05) is 42.5 Å². The van der Waals surface area contributed by atoms with Crippen molar-refractivity contribution in [2.45, 2.75) is 6.92 Å². The predicted molar refractivity (Wildman–Crippen MR) is 109 cm³/mol. The van der Waals surface area contributed by atoms with Gasteiger partial charge in [-0.2, -0.15) is 0 Å². The average molecular weight is 378 g/mol. The molecule has 2 aromatic carbocycles. The Morgan fingerprint density at radius 2 is 1.85 bits per heavy atom. The van der Waals surface area contributed by atoms with Gasteiger partial charge >= 0.3 is 5.97 Å². The van der Waals surface area contributed by atoms with Crippen LogP contribution in [0.15, 0.2) is 76.6 Å². The summed E-state index contributed by atoms with van der Waals surface area (Å²) >= 11 is 1.31. The molecule has 1 aliphatic heterocycles.